The largest absolute Gasteiger partial charge is 0.508 e. The molecule has 1 aliphatic heterocycles. The average Bonchev–Trinajstić information content (AvgIpc) is 3.21. The van der Waals surface area contributed by atoms with E-state index in [1.807, 2.05) is 0 Å². The summed E-state index contributed by atoms with van der Waals surface area (Å²) in [6.07, 6.45) is -5.41. The summed E-state index contributed by atoms with van der Waals surface area (Å²) in [4.78, 5) is 40.9. The number of hydrogen-bond acceptors (Lipinski definition) is 6. The van der Waals surface area contributed by atoms with Crippen molar-refractivity contribution >= 4 is 29.5 Å². The van der Waals surface area contributed by atoms with Crippen LogP contribution in [0.1, 0.15) is 35.3 Å². The fraction of sp³-hybridized carbons (Fsp3) is 0.393. The van der Waals surface area contributed by atoms with Gasteiger partial charge in [0, 0.05) is 28.5 Å². The van der Waals surface area contributed by atoms with Crippen molar-refractivity contribution < 1.29 is 37.8 Å². The van der Waals surface area contributed by atoms with Gasteiger partial charge in [-0.3, -0.25) is 14.4 Å². The summed E-state index contributed by atoms with van der Waals surface area (Å²) in [5.74, 6) is -2.11. The van der Waals surface area contributed by atoms with E-state index in [0.717, 1.165) is 11.6 Å². The van der Waals surface area contributed by atoms with Crippen LogP contribution >= 0.6 is 11.8 Å². The van der Waals surface area contributed by atoms with Crippen molar-refractivity contribution in [2.45, 2.75) is 56.3 Å². The fourth-order valence-corrected chi connectivity index (χ4v) is 5.57. The predicted octanol–water partition coefficient (Wildman–Crippen LogP) is 3.32. The topological polar surface area (TPSA) is 119 Å². The lowest BCUT2D eigenvalue weighted by Gasteiger charge is -2.33. The van der Waals surface area contributed by atoms with Crippen LogP contribution in [-0.4, -0.2) is 74.4 Å². The molecule has 1 saturated heterocycles. The SMILES string of the molecule is Cc1c(O)cccc1C(=O)N[C@@H](Cc1ccccc1)[C@H](O)C(=O)N1CSC(C)(C)C1C(=O)NC/C=C/C(F)(F)F. The number of aliphatic hydroxyl groups excluding tert-OH is 1. The van der Waals surface area contributed by atoms with Crippen molar-refractivity contribution in [3.63, 3.8) is 0 Å². The number of halogens is 3. The van der Waals surface area contributed by atoms with Crippen molar-refractivity contribution in [3.8, 4) is 5.75 Å². The number of nitrogens with one attached hydrogen (secondary N) is 2. The van der Waals surface area contributed by atoms with E-state index in [2.05, 4.69) is 10.6 Å². The normalized spacial score (nSPS) is 18.4. The molecule has 4 N–H and O–H groups in total. The zero-order valence-corrected chi connectivity index (χ0v) is 23.1. The molecule has 1 heterocycles. The molecule has 3 rings (SSSR count). The van der Waals surface area contributed by atoms with Gasteiger partial charge in [0.1, 0.15) is 11.8 Å². The van der Waals surface area contributed by atoms with Gasteiger partial charge in [0.2, 0.25) is 5.91 Å². The van der Waals surface area contributed by atoms with E-state index in [4.69, 9.17) is 0 Å². The van der Waals surface area contributed by atoms with Crippen LogP contribution in [0.15, 0.2) is 60.7 Å². The lowest BCUT2D eigenvalue weighted by molar-refractivity contribution is -0.147. The highest BCUT2D eigenvalue weighted by Gasteiger charge is 2.49. The molecule has 0 saturated carbocycles. The molecule has 8 nitrogen and oxygen atoms in total. The van der Waals surface area contributed by atoms with Crippen LogP contribution in [0.4, 0.5) is 13.2 Å². The Balaban J connectivity index is 1.83. The van der Waals surface area contributed by atoms with E-state index >= 15 is 0 Å². The molecular weight excluding hydrogens is 547 g/mol. The van der Waals surface area contributed by atoms with E-state index in [-0.39, 0.29) is 29.7 Å². The number of carbonyl (C=O) groups is 3. The molecule has 1 fully saturated rings. The molecule has 1 unspecified atom stereocenters. The molecule has 0 aliphatic carbocycles. The molecule has 0 aromatic heterocycles. The Morgan fingerprint density at radius 1 is 1.15 bits per heavy atom. The van der Waals surface area contributed by atoms with Gasteiger partial charge in [-0.25, -0.2) is 0 Å². The number of hydrogen-bond donors (Lipinski definition) is 4. The standard InChI is InChI=1S/C28H32F3N3O5S/c1-17-19(11-7-12-21(17)35)24(37)33-20(15-18-9-5-4-6-10-18)22(36)26(39)34-16-40-27(2,3)23(34)25(38)32-14-8-13-28(29,30)31/h4-13,20,22-23,35-36H,14-16H2,1-3H3,(H,32,38)(H,33,37)/b13-8+/t20-,22-,23?/m0/s1. The highest BCUT2D eigenvalue weighted by atomic mass is 32.2. The number of phenols is 1. The van der Waals surface area contributed by atoms with Crippen LogP contribution in [0.2, 0.25) is 0 Å². The molecule has 40 heavy (non-hydrogen) atoms. The molecular formula is C28H32F3N3O5S. The number of alkyl halides is 3. The predicted molar refractivity (Wildman–Crippen MR) is 146 cm³/mol. The Labute approximate surface area is 234 Å². The second-order valence-corrected chi connectivity index (χ2v) is 11.5. The number of aromatic hydroxyl groups is 1. The number of aliphatic hydroxyl groups is 1. The minimum absolute atomic E-state index is 0.0134. The Kier molecular flexibility index (Phi) is 9.91. The number of benzene rings is 2. The molecule has 2 aromatic carbocycles. The third-order valence-electron chi connectivity index (χ3n) is 6.58. The number of phenolic OH excluding ortho intramolecular Hbond substituents is 1. The van der Waals surface area contributed by atoms with Gasteiger partial charge >= 0.3 is 6.18 Å². The quantitative estimate of drug-likeness (QED) is 0.339. The molecule has 1 aliphatic rings. The van der Waals surface area contributed by atoms with Gasteiger partial charge in [-0.15, -0.1) is 11.8 Å². The van der Waals surface area contributed by atoms with E-state index in [9.17, 15) is 37.8 Å². The number of allylic oxidation sites excluding steroid dienone is 1. The van der Waals surface area contributed by atoms with Gasteiger partial charge in [-0.2, -0.15) is 13.2 Å². The van der Waals surface area contributed by atoms with Gasteiger partial charge in [0.05, 0.1) is 11.9 Å². The maximum absolute atomic E-state index is 13.6. The van der Waals surface area contributed by atoms with Crippen LogP contribution in [0.5, 0.6) is 5.75 Å². The Morgan fingerprint density at radius 2 is 1.82 bits per heavy atom. The molecule has 0 radical (unpaired) electrons. The van der Waals surface area contributed by atoms with Crippen molar-refractivity contribution in [2.24, 2.45) is 0 Å². The summed E-state index contributed by atoms with van der Waals surface area (Å²) in [6.45, 7) is 4.62. The van der Waals surface area contributed by atoms with Crippen molar-refractivity contribution in [1.82, 2.24) is 15.5 Å². The van der Waals surface area contributed by atoms with Crippen LogP contribution in [0.25, 0.3) is 0 Å². The monoisotopic (exact) mass is 579 g/mol. The second-order valence-electron chi connectivity index (χ2n) is 9.94. The van der Waals surface area contributed by atoms with E-state index < -0.39 is 53.4 Å². The third kappa shape index (κ3) is 7.79. The summed E-state index contributed by atoms with van der Waals surface area (Å²) < 4.78 is 36.4. The maximum Gasteiger partial charge on any atom is 0.409 e. The summed E-state index contributed by atoms with van der Waals surface area (Å²) in [5.41, 5.74) is 1.22. The second kappa shape index (κ2) is 12.8. The van der Waals surface area contributed by atoms with Crippen molar-refractivity contribution in [3.05, 3.63) is 77.4 Å². The van der Waals surface area contributed by atoms with Crippen LogP contribution in [-0.2, 0) is 16.0 Å². The summed E-state index contributed by atoms with van der Waals surface area (Å²) in [7, 11) is 0. The van der Waals surface area contributed by atoms with Crippen LogP contribution in [0.3, 0.4) is 0 Å². The zero-order valence-electron chi connectivity index (χ0n) is 22.2. The number of thioether (sulfide) groups is 1. The molecule has 12 heteroatoms. The average molecular weight is 580 g/mol. The highest BCUT2D eigenvalue weighted by Crippen LogP contribution is 2.40. The minimum atomic E-state index is -4.52. The summed E-state index contributed by atoms with van der Waals surface area (Å²) in [5, 5.41) is 26.4. The van der Waals surface area contributed by atoms with Crippen molar-refractivity contribution in [1.29, 1.82) is 0 Å². The fourth-order valence-electron chi connectivity index (χ4n) is 4.43. The zero-order chi connectivity index (χ0) is 29.7. The van der Waals surface area contributed by atoms with E-state index in [1.165, 1.54) is 34.9 Å². The van der Waals surface area contributed by atoms with Crippen LogP contribution < -0.4 is 10.6 Å². The third-order valence-corrected chi connectivity index (χ3v) is 7.95. The number of nitrogens with zero attached hydrogens (tertiary/aromatic N) is 1. The molecule has 2 aromatic rings. The molecule has 3 amide bonds. The first-order valence-corrected chi connectivity index (χ1v) is 13.5. The Bertz CT molecular complexity index is 1250. The lowest BCUT2D eigenvalue weighted by Crippen LogP contribution is -2.58. The van der Waals surface area contributed by atoms with Gasteiger partial charge in [0.15, 0.2) is 6.10 Å². The first-order chi connectivity index (χ1) is 18.7. The molecule has 216 valence electrons. The summed E-state index contributed by atoms with van der Waals surface area (Å²) >= 11 is 1.28. The maximum atomic E-state index is 13.6. The number of rotatable bonds is 9. The molecule has 0 bridgehead atoms. The Morgan fingerprint density at radius 3 is 2.48 bits per heavy atom. The van der Waals surface area contributed by atoms with Gasteiger partial charge in [-0.1, -0.05) is 42.5 Å². The van der Waals surface area contributed by atoms with Crippen molar-refractivity contribution in [2.75, 3.05) is 12.4 Å². The molecule has 0 spiro atoms. The first-order valence-electron chi connectivity index (χ1n) is 12.5. The smallest absolute Gasteiger partial charge is 0.409 e. The van der Waals surface area contributed by atoms with Gasteiger partial charge < -0.3 is 25.7 Å². The number of carbonyl (C=O) groups excluding carboxylic acids is 3. The van der Waals surface area contributed by atoms with Crippen LogP contribution in [0, 0.1) is 6.92 Å². The van der Waals surface area contributed by atoms with E-state index in [1.54, 1.807) is 51.1 Å². The number of amides is 3. The van der Waals surface area contributed by atoms with Gasteiger partial charge in [0.25, 0.3) is 11.8 Å². The molecule has 3 atom stereocenters. The first kappa shape index (κ1) is 31.0. The Hall–Kier alpha value is -3.51. The minimum Gasteiger partial charge on any atom is -0.508 e. The summed E-state index contributed by atoms with van der Waals surface area (Å²) in [6, 6.07) is 11.1. The lowest BCUT2D eigenvalue weighted by atomic mass is 9.96. The van der Waals surface area contributed by atoms with E-state index in [0.29, 0.717) is 5.56 Å². The highest BCUT2D eigenvalue weighted by molar-refractivity contribution is 8.00. The van der Waals surface area contributed by atoms with Gasteiger partial charge in [-0.05, 0) is 44.9 Å².